The molecule has 0 N–H and O–H groups in total. The summed E-state index contributed by atoms with van der Waals surface area (Å²) in [5.41, 5.74) is 1.30. The minimum Gasteiger partial charge on any atom is -0.296 e. The summed E-state index contributed by atoms with van der Waals surface area (Å²) in [6.45, 7) is 6.92. The summed E-state index contributed by atoms with van der Waals surface area (Å²) in [6, 6.07) is 2.87. The molecule has 0 aliphatic carbocycles. The highest BCUT2D eigenvalue weighted by molar-refractivity contribution is 9.10. The third-order valence-electron chi connectivity index (χ3n) is 3.39. The molecule has 1 saturated heterocycles. The Bertz CT molecular complexity index is 354. The minimum atomic E-state index is 0.704. The minimum absolute atomic E-state index is 0.704. The quantitative estimate of drug-likeness (QED) is 0.826. The van der Waals surface area contributed by atoms with Crippen molar-refractivity contribution in [3.05, 3.63) is 28.5 Å². The van der Waals surface area contributed by atoms with E-state index in [0.717, 1.165) is 16.9 Å². The van der Waals surface area contributed by atoms with Crippen LogP contribution in [0.2, 0.25) is 0 Å². The normalized spacial score (nSPS) is 26.9. The fourth-order valence-corrected chi connectivity index (χ4v) is 2.79. The maximum Gasteiger partial charge on any atom is 0.0410 e. The molecule has 0 radical (unpaired) electrons. The van der Waals surface area contributed by atoms with E-state index in [1.165, 1.54) is 24.9 Å². The lowest BCUT2D eigenvalue weighted by Gasteiger charge is -2.36. The first-order chi connectivity index (χ1) is 7.65. The molecule has 3 heteroatoms. The zero-order chi connectivity index (χ0) is 11.5. The van der Waals surface area contributed by atoms with E-state index in [0.29, 0.717) is 6.04 Å². The van der Waals surface area contributed by atoms with E-state index in [1.807, 2.05) is 12.4 Å². The Morgan fingerprint density at radius 3 is 2.94 bits per heavy atom. The average Bonchev–Trinajstić information content (AvgIpc) is 2.24. The zero-order valence-electron chi connectivity index (χ0n) is 9.99. The summed E-state index contributed by atoms with van der Waals surface area (Å²) in [5.74, 6) is 0.830. The van der Waals surface area contributed by atoms with Gasteiger partial charge >= 0.3 is 0 Å². The van der Waals surface area contributed by atoms with Crippen molar-refractivity contribution in [2.45, 2.75) is 39.3 Å². The second-order valence-electron chi connectivity index (χ2n) is 4.97. The predicted molar refractivity (Wildman–Crippen MR) is 70.2 cm³/mol. The third-order valence-corrected chi connectivity index (χ3v) is 3.83. The number of nitrogens with zero attached hydrogens (tertiary/aromatic N) is 2. The van der Waals surface area contributed by atoms with E-state index in [2.05, 4.69) is 45.7 Å². The zero-order valence-corrected chi connectivity index (χ0v) is 11.6. The van der Waals surface area contributed by atoms with E-state index in [-0.39, 0.29) is 0 Å². The molecular weight excluding hydrogens is 264 g/mol. The topological polar surface area (TPSA) is 16.1 Å². The first-order valence-electron chi connectivity index (χ1n) is 5.98. The first-order valence-corrected chi connectivity index (χ1v) is 6.78. The molecule has 0 spiro atoms. The third kappa shape index (κ3) is 3.05. The van der Waals surface area contributed by atoms with E-state index in [9.17, 15) is 0 Å². The number of piperidine rings is 1. The van der Waals surface area contributed by atoms with Gasteiger partial charge in [-0.05, 0) is 53.2 Å². The second kappa shape index (κ2) is 5.28. The number of pyridine rings is 1. The van der Waals surface area contributed by atoms with Crippen molar-refractivity contribution in [1.29, 1.82) is 0 Å². The van der Waals surface area contributed by atoms with Crippen LogP contribution in [0.15, 0.2) is 22.9 Å². The summed E-state index contributed by atoms with van der Waals surface area (Å²) in [4.78, 5) is 6.79. The molecule has 1 aliphatic heterocycles. The molecule has 0 aromatic carbocycles. The molecular formula is C13H19BrN2. The monoisotopic (exact) mass is 282 g/mol. The molecule has 1 aromatic rings. The maximum absolute atomic E-state index is 4.22. The van der Waals surface area contributed by atoms with Gasteiger partial charge < -0.3 is 0 Å². The Balaban J connectivity index is 2.02. The van der Waals surface area contributed by atoms with E-state index < -0.39 is 0 Å². The number of likely N-dealkylation sites (tertiary alicyclic amines) is 1. The van der Waals surface area contributed by atoms with Gasteiger partial charge in [-0.25, -0.2) is 0 Å². The molecule has 0 bridgehead atoms. The summed E-state index contributed by atoms with van der Waals surface area (Å²) >= 11 is 3.47. The Kier molecular flexibility index (Phi) is 3.98. The van der Waals surface area contributed by atoms with Gasteiger partial charge in [0.1, 0.15) is 0 Å². The fourth-order valence-electron chi connectivity index (χ4n) is 2.38. The number of halogens is 1. The second-order valence-corrected chi connectivity index (χ2v) is 5.89. The van der Waals surface area contributed by atoms with E-state index in [1.54, 1.807) is 0 Å². The van der Waals surface area contributed by atoms with Gasteiger partial charge in [0.25, 0.3) is 0 Å². The van der Waals surface area contributed by atoms with Crippen molar-refractivity contribution in [3.63, 3.8) is 0 Å². The van der Waals surface area contributed by atoms with Crippen LogP contribution < -0.4 is 0 Å². The summed E-state index contributed by atoms with van der Waals surface area (Å²) in [7, 11) is 0. The van der Waals surface area contributed by atoms with Crippen LogP contribution in [-0.2, 0) is 6.54 Å². The van der Waals surface area contributed by atoms with Crippen molar-refractivity contribution in [1.82, 2.24) is 9.88 Å². The lowest BCUT2D eigenvalue weighted by Crippen LogP contribution is -2.40. The molecule has 1 aromatic heterocycles. The van der Waals surface area contributed by atoms with Crippen molar-refractivity contribution in [3.8, 4) is 0 Å². The van der Waals surface area contributed by atoms with Crippen LogP contribution in [0.5, 0.6) is 0 Å². The highest BCUT2D eigenvalue weighted by Crippen LogP contribution is 2.23. The van der Waals surface area contributed by atoms with Gasteiger partial charge in [-0.1, -0.05) is 6.92 Å². The Morgan fingerprint density at radius 2 is 2.19 bits per heavy atom. The van der Waals surface area contributed by atoms with Crippen molar-refractivity contribution in [2.75, 3.05) is 6.54 Å². The van der Waals surface area contributed by atoms with Crippen LogP contribution in [0.1, 0.15) is 32.3 Å². The maximum atomic E-state index is 4.22. The van der Waals surface area contributed by atoms with E-state index in [4.69, 9.17) is 0 Å². The number of hydrogen-bond acceptors (Lipinski definition) is 2. The van der Waals surface area contributed by atoms with E-state index >= 15 is 0 Å². The fraction of sp³-hybridized carbons (Fsp3) is 0.615. The summed E-state index contributed by atoms with van der Waals surface area (Å²) in [6.07, 6.45) is 6.50. The molecule has 1 fully saturated rings. The van der Waals surface area contributed by atoms with Crippen molar-refractivity contribution >= 4 is 15.9 Å². The predicted octanol–water partition coefficient (Wildman–Crippen LogP) is 3.46. The Hall–Kier alpha value is -0.410. The molecule has 2 nitrogen and oxygen atoms in total. The highest BCUT2D eigenvalue weighted by atomic mass is 79.9. The van der Waals surface area contributed by atoms with Crippen LogP contribution in [0.3, 0.4) is 0 Å². The molecule has 2 unspecified atom stereocenters. The van der Waals surface area contributed by atoms with Crippen LogP contribution in [0.25, 0.3) is 0 Å². The van der Waals surface area contributed by atoms with Crippen LogP contribution in [0, 0.1) is 5.92 Å². The SMILES string of the molecule is CC1CCC(C)N(Cc2cncc(Br)c2)C1. The van der Waals surface area contributed by atoms with Gasteiger partial charge in [-0.15, -0.1) is 0 Å². The lowest BCUT2D eigenvalue weighted by atomic mass is 9.95. The molecule has 2 atom stereocenters. The smallest absolute Gasteiger partial charge is 0.0410 e. The van der Waals surface area contributed by atoms with Gasteiger partial charge in [0.05, 0.1) is 0 Å². The first kappa shape index (κ1) is 12.1. The van der Waals surface area contributed by atoms with Gasteiger partial charge in [-0.3, -0.25) is 9.88 Å². The highest BCUT2D eigenvalue weighted by Gasteiger charge is 2.22. The van der Waals surface area contributed by atoms with Crippen LogP contribution >= 0.6 is 15.9 Å². The Labute approximate surface area is 106 Å². The van der Waals surface area contributed by atoms with Crippen LogP contribution in [-0.4, -0.2) is 22.5 Å². The number of hydrogen-bond donors (Lipinski definition) is 0. The number of rotatable bonds is 2. The van der Waals surface area contributed by atoms with Crippen LogP contribution in [0.4, 0.5) is 0 Å². The van der Waals surface area contributed by atoms with Crippen molar-refractivity contribution in [2.24, 2.45) is 5.92 Å². The van der Waals surface area contributed by atoms with Gasteiger partial charge in [-0.2, -0.15) is 0 Å². The molecule has 0 amide bonds. The summed E-state index contributed by atoms with van der Waals surface area (Å²) < 4.78 is 1.07. The van der Waals surface area contributed by atoms with Crippen molar-refractivity contribution < 1.29 is 0 Å². The molecule has 16 heavy (non-hydrogen) atoms. The summed E-state index contributed by atoms with van der Waals surface area (Å²) in [5, 5.41) is 0. The largest absolute Gasteiger partial charge is 0.296 e. The molecule has 2 heterocycles. The molecule has 88 valence electrons. The average molecular weight is 283 g/mol. The lowest BCUT2D eigenvalue weighted by molar-refractivity contribution is 0.117. The standard InChI is InChI=1S/C13H19BrN2/c1-10-3-4-11(2)16(8-10)9-12-5-13(14)7-15-6-12/h5-7,10-11H,3-4,8-9H2,1-2H3. The molecule has 2 rings (SSSR count). The van der Waals surface area contributed by atoms with Gasteiger partial charge in [0, 0.05) is 36.0 Å². The molecule has 0 saturated carbocycles. The molecule has 1 aliphatic rings. The Morgan fingerprint density at radius 1 is 1.38 bits per heavy atom. The van der Waals surface area contributed by atoms with Gasteiger partial charge in [0.2, 0.25) is 0 Å². The number of aromatic nitrogens is 1. The van der Waals surface area contributed by atoms with Gasteiger partial charge in [0.15, 0.2) is 0 Å².